The van der Waals surface area contributed by atoms with E-state index in [4.69, 9.17) is 16.3 Å². The molecule has 0 bridgehead atoms. The molecule has 0 saturated carbocycles. The summed E-state index contributed by atoms with van der Waals surface area (Å²) in [6.45, 7) is 1.43. The molecule has 0 unspecified atom stereocenters. The zero-order chi connectivity index (χ0) is 11.1. The molecule has 0 spiro atoms. The van der Waals surface area contributed by atoms with Crippen molar-refractivity contribution in [3.8, 4) is 0 Å². The van der Waals surface area contributed by atoms with Gasteiger partial charge in [-0.25, -0.2) is 4.99 Å². The van der Waals surface area contributed by atoms with E-state index in [1.807, 2.05) is 25.2 Å². The summed E-state index contributed by atoms with van der Waals surface area (Å²) in [4.78, 5) is 4.33. The van der Waals surface area contributed by atoms with Crippen LogP contribution in [0.5, 0.6) is 0 Å². The molecule has 0 radical (unpaired) electrons. The second kappa shape index (κ2) is 3.52. The number of ether oxygens (including phenoxy) is 1. The van der Waals surface area contributed by atoms with Gasteiger partial charge in [0, 0.05) is 23.0 Å². The van der Waals surface area contributed by atoms with Gasteiger partial charge in [0.15, 0.2) is 0 Å². The van der Waals surface area contributed by atoms with Gasteiger partial charge in [-0.15, -0.1) is 0 Å². The van der Waals surface area contributed by atoms with Crippen molar-refractivity contribution in [2.24, 2.45) is 12.0 Å². The van der Waals surface area contributed by atoms with E-state index >= 15 is 0 Å². The quantitative estimate of drug-likeness (QED) is 0.745. The molecule has 16 heavy (non-hydrogen) atoms. The normalized spacial score (nSPS) is 15.2. The lowest BCUT2D eigenvalue weighted by atomic mass is 10.2. The van der Waals surface area contributed by atoms with Crippen LogP contribution in [0.3, 0.4) is 0 Å². The maximum absolute atomic E-state index is 5.98. The Labute approximate surface area is 98.3 Å². The molecule has 2 aromatic rings. The summed E-state index contributed by atoms with van der Waals surface area (Å²) in [5.74, 6) is 0.731. The van der Waals surface area contributed by atoms with E-state index in [9.17, 15) is 0 Å². The van der Waals surface area contributed by atoms with Crippen molar-refractivity contribution in [3.63, 3.8) is 0 Å². The van der Waals surface area contributed by atoms with Gasteiger partial charge in [0.1, 0.15) is 12.3 Å². The number of nitrogens with zero attached hydrogens (tertiary/aromatic N) is 2. The highest BCUT2D eigenvalue weighted by Crippen LogP contribution is 2.23. The van der Waals surface area contributed by atoms with Crippen molar-refractivity contribution >= 4 is 28.4 Å². The third kappa shape index (κ3) is 1.39. The van der Waals surface area contributed by atoms with Crippen LogP contribution < -0.4 is 0 Å². The first-order chi connectivity index (χ1) is 7.75. The Hall–Kier alpha value is -1.48. The van der Waals surface area contributed by atoms with Gasteiger partial charge >= 0.3 is 0 Å². The molecule has 0 amide bonds. The van der Waals surface area contributed by atoms with E-state index in [0.29, 0.717) is 6.61 Å². The lowest BCUT2D eigenvalue weighted by Crippen LogP contribution is -2.06. The van der Waals surface area contributed by atoms with Gasteiger partial charge in [-0.1, -0.05) is 17.7 Å². The molecule has 1 aliphatic heterocycles. The van der Waals surface area contributed by atoms with E-state index in [0.717, 1.165) is 34.1 Å². The monoisotopic (exact) mass is 234 g/mol. The van der Waals surface area contributed by atoms with Crippen LogP contribution in [0.1, 0.15) is 5.69 Å². The summed E-state index contributed by atoms with van der Waals surface area (Å²) in [5.41, 5.74) is 2.11. The molecule has 1 aliphatic rings. The van der Waals surface area contributed by atoms with E-state index < -0.39 is 0 Å². The number of aliphatic imine (C=N–C) groups is 1. The van der Waals surface area contributed by atoms with Crippen LogP contribution in [0.4, 0.5) is 0 Å². The van der Waals surface area contributed by atoms with Gasteiger partial charge in [0.2, 0.25) is 5.90 Å². The highest BCUT2D eigenvalue weighted by atomic mass is 35.5. The Morgan fingerprint density at radius 3 is 3.00 bits per heavy atom. The Bertz CT molecular complexity index is 586. The highest BCUT2D eigenvalue weighted by molar-refractivity contribution is 6.31. The Balaban J connectivity index is 2.23. The minimum Gasteiger partial charge on any atom is -0.474 e. The van der Waals surface area contributed by atoms with Gasteiger partial charge in [0.25, 0.3) is 0 Å². The van der Waals surface area contributed by atoms with Gasteiger partial charge in [-0.2, -0.15) is 0 Å². The zero-order valence-corrected chi connectivity index (χ0v) is 9.66. The summed E-state index contributed by atoms with van der Waals surface area (Å²) in [6, 6.07) is 7.94. The van der Waals surface area contributed by atoms with E-state index in [-0.39, 0.29) is 0 Å². The molecule has 82 valence electrons. The lowest BCUT2D eigenvalue weighted by molar-refractivity contribution is 0.346. The van der Waals surface area contributed by atoms with Gasteiger partial charge in [-0.3, -0.25) is 0 Å². The highest BCUT2D eigenvalue weighted by Gasteiger charge is 2.15. The number of hydrogen-bond donors (Lipinski definition) is 0. The Kier molecular flexibility index (Phi) is 2.14. The molecule has 0 N–H and O–H groups in total. The first-order valence-corrected chi connectivity index (χ1v) is 5.56. The summed E-state index contributed by atoms with van der Waals surface area (Å²) >= 11 is 5.98. The predicted octanol–water partition coefficient (Wildman–Crippen LogP) is 2.61. The van der Waals surface area contributed by atoms with Gasteiger partial charge < -0.3 is 9.30 Å². The fourth-order valence-corrected chi connectivity index (χ4v) is 2.16. The van der Waals surface area contributed by atoms with Crippen molar-refractivity contribution in [2.45, 2.75) is 0 Å². The summed E-state index contributed by atoms with van der Waals surface area (Å²) in [6.07, 6.45) is 0. The average Bonchev–Trinajstić information content (AvgIpc) is 2.87. The molecule has 0 fully saturated rings. The van der Waals surface area contributed by atoms with Crippen molar-refractivity contribution in [1.82, 2.24) is 4.57 Å². The molecular weight excluding hydrogens is 224 g/mol. The summed E-state index contributed by atoms with van der Waals surface area (Å²) in [5, 5.41) is 1.90. The predicted molar refractivity (Wildman–Crippen MR) is 65.3 cm³/mol. The number of aromatic nitrogens is 1. The molecule has 3 nitrogen and oxygen atoms in total. The zero-order valence-electron chi connectivity index (χ0n) is 8.90. The smallest absolute Gasteiger partial charge is 0.233 e. The van der Waals surface area contributed by atoms with Crippen molar-refractivity contribution < 1.29 is 4.74 Å². The SMILES string of the molecule is Cn1c(C2=NCCO2)cc2ccc(Cl)cc21. The fourth-order valence-electron chi connectivity index (χ4n) is 2.00. The van der Waals surface area contributed by atoms with Crippen LogP contribution in [0.15, 0.2) is 29.3 Å². The molecule has 0 aliphatic carbocycles. The first kappa shape index (κ1) is 9.73. The number of benzene rings is 1. The van der Waals surface area contributed by atoms with E-state index in [2.05, 4.69) is 15.6 Å². The molecule has 3 rings (SSSR count). The molecular formula is C12H11ClN2O. The third-order valence-corrected chi connectivity index (χ3v) is 3.05. The largest absolute Gasteiger partial charge is 0.474 e. The molecule has 0 atom stereocenters. The number of hydrogen-bond acceptors (Lipinski definition) is 2. The van der Waals surface area contributed by atoms with Crippen LogP contribution in [0.25, 0.3) is 10.9 Å². The minimum absolute atomic E-state index is 0.678. The van der Waals surface area contributed by atoms with Gasteiger partial charge in [-0.05, 0) is 18.2 Å². The van der Waals surface area contributed by atoms with Crippen LogP contribution >= 0.6 is 11.6 Å². The Morgan fingerprint density at radius 1 is 1.38 bits per heavy atom. The first-order valence-electron chi connectivity index (χ1n) is 5.18. The third-order valence-electron chi connectivity index (χ3n) is 2.81. The molecule has 2 heterocycles. The summed E-state index contributed by atoms with van der Waals surface area (Å²) < 4.78 is 7.54. The minimum atomic E-state index is 0.678. The molecule has 4 heteroatoms. The van der Waals surface area contributed by atoms with Crippen molar-refractivity contribution in [1.29, 1.82) is 0 Å². The summed E-state index contributed by atoms with van der Waals surface area (Å²) in [7, 11) is 2.00. The molecule has 1 aromatic carbocycles. The van der Waals surface area contributed by atoms with E-state index in [1.54, 1.807) is 0 Å². The van der Waals surface area contributed by atoms with Crippen LogP contribution in [0.2, 0.25) is 5.02 Å². The Morgan fingerprint density at radius 2 is 2.25 bits per heavy atom. The number of halogens is 1. The lowest BCUT2D eigenvalue weighted by Gasteiger charge is -2.03. The fraction of sp³-hybridized carbons (Fsp3) is 0.250. The van der Waals surface area contributed by atoms with Gasteiger partial charge in [0.05, 0.1) is 6.54 Å². The van der Waals surface area contributed by atoms with Crippen molar-refractivity contribution in [2.75, 3.05) is 13.2 Å². The molecule has 0 saturated heterocycles. The van der Waals surface area contributed by atoms with Crippen molar-refractivity contribution in [3.05, 3.63) is 35.0 Å². The van der Waals surface area contributed by atoms with E-state index in [1.165, 1.54) is 0 Å². The number of aryl methyl sites for hydroxylation is 1. The van der Waals surface area contributed by atoms with Crippen LogP contribution in [-0.2, 0) is 11.8 Å². The second-order valence-electron chi connectivity index (χ2n) is 3.83. The van der Waals surface area contributed by atoms with Crippen LogP contribution in [0, 0.1) is 0 Å². The van der Waals surface area contributed by atoms with Crippen LogP contribution in [-0.4, -0.2) is 23.6 Å². The topological polar surface area (TPSA) is 26.5 Å². The average molecular weight is 235 g/mol. The number of fused-ring (bicyclic) bond motifs is 1. The standard InChI is InChI=1S/C12H11ClN2O/c1-15-10-7-9(13)3-2-8(10)6-11(15)12-14-4-5-16-12/h2-3,6-7H,4-5H2,1H3. The maximum Gasteiger partial charge on any atom is 0.233 e. The second-order valence-corrected chi connectivity index (χ2v) is 4.26. The maximum atomic E-state index is 5.98. The molecule has 1 aromatic heterocycles. The number of rotatable bonds is 1.